The Bertz CT molecular complexity index is 889. The summed E-state index contributed by atoms with van der Waals surface area (Å²) in [5.74, 6) is 2.98. The van der Waals surface area contributed by atoms with Crippen molar-refractivity contribution in [2.45, 2.75) is 31.3 Å². The van der Waals surface area contributed by atoms with Crippen molar-refractivity contribution < 1.29 is 13.9 Å². The van der Waals surface area contributed by atoms with Crippen molar-refractivity contribution in [2.24, 2.45) is 0 Å². The smallest absolute Gasteiger partial charge is 0.236 e. The average molecular weight is 417 g/mol. The Morgan fingerprint density at radius 1 is 1.32 bits per heavy atom. The number of hydrogen-bond donors (Lipinski definition) is 1. The summed E-state index contributed by atoms with van der Waals surface area (Å²) in [4.78, 5) is 17.9. The number of aromatic nitrogens is 1. The van der Waals surface area contributed by atoms with Gasteiger partial charge in [0, 0.05) is 12.3 Å². The van der Waals surface area contributed by atoms with Gasteiger partial charge in [0.25, 0.3) is 0 Å². The van der Waals surface area contributed by atoms with Gasteiger partial charge in [0.15, 0.2) is 0 Å². The maximum atomic E-state index is 12.3. The number of oxazole rings is 1. The van der Waals surface area contributed by atoms with Gasteiger partial charge < -0.3 is 14.5 Å². The molecule has 1 amide bonds. The highest BCUT2D eigenvalue weighted by Gasteiger charge is 2.17. The molecule has 1 atom stereocenters. The van der Waals surface area contributed by atoms with E-state index in [0.717, 1.165) is 28.5 Å². The van der Waals surface area contributed by atoms with Crippen LogP contribution >= 0.6 is 23.1 Å². The molecule has 7 heteroatoms. The minimum Gasteiger partial charge on any atom is -0.497 e. The molecule has 0 saturated carbocycles. The lowest BCUT2D eigenvalue weighted by Gasteiger charge is -2.11. The van der Waals surface area contributed by atoms with E-state index >= 15 is 0 Å². The van der Waals surface area contributed by atoms with Crippen LogP contribution in [0.3, 0.4) is 0 Å². The van der Waals surface area contributed by atoms with E-state index in [9.17, 15) is 4.79 Å². The lowest BCUT2D eigenvalue weighted by Crippen LogP contribution is -2.32. The topological polar surface area (TPSA) is 64.4 Å². The molecule has 3 rings (SSSR count). The van der Waals surface area contributed by atoms with Crippen LogP contribution in [0.25, 0.3) is 10.8 Å². The van der Waals surface area contributed by atoms with Crippen LogP contribution in [0.4, 0.5) is 0 Å². The van der Waals surface area contributed by atoms with Gasteiger partial charge in [0.1, 0.15) is 11.5 Å². The molecule has 5 nitrogen and oxygen atoms in total. The first kappa shape index (κ1) is 20.5. The van der Waals surface area contributed by atoms with Crippen LogP contribution in [-0.4, -0.2) is 29.8 Å². The van der Waals surface area contributed by atoms with Gasteiger partial charge in [-0.05, 0) is 49.4 Å². The van der Waals surface area contributed by atoms with E-state index in [0.29, 0.717) is 18.2 Å². The van der Waals surface area contributed by atoms with Gasteiger partial charge >= 0.3 is 0 Å². The fraction of sp³-hybridized carbons (Fsp3) is 0.333. The minimum atomic E-state index is -0.155. The molecule has 0 fully saturated rings. The van der Waals surface area contributed by atoms with Crippen LogP contribution in [-0.2, 0) is 17.0 Å². The predicted molar refractivity (Wildman–Crippen MR) is 115 cm³/mol. The van der Waals surface area contributed by atoms with Gasteiger partial charge in [-0.25, -0.2) is 4.98 Å². The monoisotopic (exact) mass is 416 g/mol. The molecular weight excluding hydrogens is 392 g/mol. The van der Waals surface area contributed by atoms with E-state index in [1.54, 1.807) is 30.2 Å². The van der Waals surface area contributed by atoms with Crippen LogP contribution in [0.1, 0.15) is 23.9 Å². The van der Waals surface area contributed by atoms with Crippen molar-refractivity contribution in [3.63, 3.8) is 0 Å². The lowest BCUT2D eigenvalue weighted by atomic mass is 10.1. The quantitative estimate of drug-likeness (QED) is 0.548. The zero-order valence-electron chi connectivity index (χ0n) is 16.2. The fourth-order valence-electron chi connectivity index (χ4n) is 2.61. The summed E-state index contributed by atoms with van der Waals surface area (Å²) in [6.45, 7) is 4.45. The molecule has 0 bridgehead atoms. The van der Waals surface area contributed by atoms with Crippen molar-refractivity contribution in [3.05, 3.63) is 58.8 Å². The van der Waals surface area contributed by atoms with Gasteiger partial charge in [-0.2, -0.15) is 0 Å². The molecule has 148 valence electrons. The number of hydrogen-bond acceptors (Lipinski definition) is 6. The summed E-state index contributed by atoms with van der Waals surface area (Å²) in [6, 6.07) is 11.9. The van der Waals surface area contributed by atoms with E-state index in [-0.39, 0.29) is 11.2 Å². The summed E-state index contributed by atoms with van der Waals surface area (Å²) in [6.07, 6.45) is 0.791. The largest absolute Gasteiger partial charge is 0.497 e. The molecule has 2 heterocycles. The van der Waals surface area contributed by atoms with E-state index < -0.39 is 0 Å². The molecule has 1 N–H and O–H groups in total. The number of carbonyl (C=O) groups is 1. The number of thiophene rings is 1. The Morgan fingerprint density at radius 3 is 2.79 bits per heavy atom. The summed E-state index contributed by atoms with van der Waals surface area (Å²) < 4.78 is 10.9. The Balaban J connectivity index is 1.44. The molecule has 2 aromatic heterocycles. The third kappa shape index (κ3) is 5.39. The predicted octanol–water partition coefficient (Wildman–Crippen LogP) is 4.70. The van der Waals surface area contributed by atoms with Crippen molar-refractivity contribution in [1.29, 1.82) is 0 Å². The molecule has 28 heavy (non-hydrogen) atoms. The van der Waals surface area contributed by atoms with E-state index in [2.05, 4.69) is 10.3 Å². The van der Waals surface area contributed by atoms with E-state index in [1.165, 1.54) is 5.56 Å². The minimum absolute atomic E-state index is 0.0399. The summed E-state index contributed by atoms with van der Waals surface area (Å²) in [5.41, 5.74) is 2.06. The third-order valence-corrected chi connectivity index (χ3v) is 6.35. The van der Waals surface area contributed by atoms with Gasteiger partial charge in [-0.15, -0.1) is 23.1 Å². The normalized spacial score (nSPS) is 12.0. The number of carbonyl (C=O) groups excluding carboxylic acids is 1. The van der Waals surface area contributed by atoms with E-state index in [4.69, 9.17) is 9.15 Å². The van der Waals surface area contributed by atoms with Crippen LogP contribution < -0.4 is 10.1 Å². The molecule has 0 spiro atoms. The number of methoxy groups -OCH3 is 1. The number of benzene rings is 1. The number of nitrogens with zero attached hydrogens (tertiary/aromatic N) is 1. The summed E-state index contributed by atoms with van der Waals surface area (Å²) >= 11 is 3.17. The van der Waals surface area contributed by atoms with E-state index in [1.807, 2.05) is 55.6 Å². The number of thioether (sulfide) groups is 1. The highest BCUT2D eigenvalue weighted by Crippen LogP contribution is 2.28. The second-order valence-corrected chi connectivity index (χ2v) is 8.62. The Hall–Kier alpha value is -2.25. The highest BCUT2D eigenvalue weighted by atomic mass is 32.2. The molecule has 1 aromatic carbocycles. The number of aryl methyl sites for hydroxylation is 1. The van der Waals surface area contributed by atoms with Gasteiger partial charge in [0.05, 0.1) is 22.9 Å². The van der Waals surface area contributed by atoms with Crippen molar-refractivity contribution >= 4 is 29.0 Å². The Kier molecular flexibility index (Phi) is 7.17. The first-order chi connectivity index (χ1) is 13.6. The molecule has 0 saturated heterocycles. The number of amides is 1. The van der Waals surface area contributed by atoms with Gasteiger partial charge in [0.2, 0.25) is 11.8 Å². The number of rotatable bonds is 9. The third-order valence-electron chi connectivity index (χ3n) is 4.34. The first-order valence-electron chi connectivity index (χ1n) is 9.09. The standard InChI is InChI=1S/C21H24N2O3S2/c1-14-18(23-21(26-14)19-5-4-12-27-19)13-28-15(2)20(24)22-11-10-16-6-8-17(25-3)9-7-16/h4-9,12,15H,10-11,13H2,1-3H3,(H,22,24). The summed E-state index contributed by atoms with van der Waals surface area (Å²) in [7, 11) is 1.65. The van der Waals surface area contributed by atoms with Crippen molar-refractivity contribution in [1.82, 2.24) is 10.3 Å². The fourth-order valence-corrected chi connectivity index (χ4v) is 4.17. The van der Waals surface area contributed by atoms with Crippen LogP contribution in [0, 0.1) is 6.92 Å². The highest BCUT2D eigenvalue weighted by molar-refractivity contribution is 7.99. The second kappa shape index (κ2) is 9.80. The van der Waals surface area contributed by atoms with Crippen LogP contribution in [0.2, 0.25) is 0 Å². The lowest BCUT2D eigenvalue weighted by molar-refractivity contribution is -0.120. The SMILES string of the molecule is COc1ccc(CCNC(=O)C(C)SCc2nc(-c3cccs3)oc2C)cc1. The zero-order valence-corrected chi connectivity index (χ0v) is 17.9. The first-order valence-corrected chi connectivity index (χ1v) is 11.0. The average Bonchev–Trinajstić information content (AvgIpc) is 3.36. The van der Waals surface area contributed by atoms with Crippen molar-refractivity contribution in [2.75, 3.05) is 13.7 Å². The van der Waals surface area contributed by atoms with Crippen LogP contribution in [0.5, 0.6) is 5.75 Å². The maximum Gasteiger partial charge on any atom is 0.236 e. The Morgan fingerprint density at radius 2 is 2.11 bits per heavy atom. The number of nitrogens with one attached hydrogen (secondary N) is 1. The number of ether oxygens (including phenoxy) is 1. The molecule has 3 aromatic rings. The molecule has 0 aliphatic carbocycles. The maximum absolute atomic E-state index is 12.3. The molecule has 0 aliphatic heterocycles. The molecule has 0 aliphatic rings. The van der Waals surface area contributed by atoms with Crippen molar-refractivity contribution in [3.8, 4) is 16.5 Å². The zero-order chi connectivity index (χ0) is 19.9. The van der Waals surface area contributed by atoms with Gasteiger partial charge in [-0.1, -0.05) is 18.2 Å². The van der Waals surface area contributed by atoms with Crippen LogP contribution in [0.15, 0.2) is 46.2 Å². The molecule has 0 radical (unpaired) electrons. The summed E-state index contributed by atoms with van der Waals surface area (Å²) in [5, 5.41) is 4.85. The molecule has 1 unspecified atom stereocenters. The Labute approximate surface area is 173 Å². The van der Waals surface area contributed by atoms with Gasteiger partial charge in [-0.3, -0.25) is 4.79 Å². The second-order valence-electron chi connectivity index (χ2n) is 6.34. The molecular formula is C21H24N2O3S2.